The number of rotatable bonds is 1. The van der Waals surface area contributed by atoms with E-state index in [2.05, 4.69) is 14.5 Å². The summed E-state index contributed by atoms with van der Waals surface area (Å²) in [5.74, 6) is -0.112. The average Bonchev–Trinajstić information content (AvgIpc) is 3.22. The number of thiazole rings is 1. The summed E-state index contributed by atoms with van der Waals surface area (Å²) >= 11 is 1.31. The fraction of sp³-hybridized carbons (Fsp3) is 0.188. The van der Waals surface area contributed by atoms with Crippen LogP contribution in [0.5, 0.6) is 11.5 Å². The molecule has 0 atom stereocenters. The number of aromatic nitrogens is 3. The molecule has 1 amide bonds. The van der Waals surface area contributed by atoms with E-state index in [9.17, 15) is 13.6 Å². The second kappa shape index (κ2) is 7.03. The van der Waals surface area contributed by atoms with E-state index in [1.54, 1.807) is 47.2 Å². The first-order chi connectivity index (χ1) is 12.3. The minimum absolute atomic E-state index is 0. The topological polar surface area (TPSA) is 61.6 Å². The van der Waals surface area contributed by atoms with E-state index in [4.69, 9.17) is 0 Å². The predicted molar refractivity (Wildman–Crippen MR) is 86.6 cm³/mol. The summed E-state index contributed by atoms with van der Waals surface area (Å²) in [6, 6.07) is 3.94. The number of ether oxygens (including phenoxy) is 2. The highest BCUT2D eigenvalue weighted by Gasteiger charge is 2.43. The molecular formula is C16H13F2IN4O3S. The van der Waals surface area contributed by atoms with Gasteiger partial charge in [0.15, 0.2) is 11.5 Å². The number of alkyl halides is 2. The first-order valence-electron chi connectivity index (χ1n) is 7.52. The summed E-state index contributed by atoms with van der Waals surface area (Å²) in [5, 5.41) is 0. The van der Waals surface area contributed by atoms with Crippen LogP contribution in [0.25, 0.3) is 5.69 Å². The van der Waals surface area contributed by atoms with Gasteiger partial charge in [-0.05, 0) is 19.1 Å². The zero-order chi connectivity index (χ0) is 18.5. The van der Waals surface area contributed by atoms with E-state index in [0.717, 1.165) is 4.88 Å². The molecule has 0 spiro atoms. The second-order valence-electron chi connectivity index (χ2n) is 5.67. The van der Waals surface area contributed by atoms with Crippen molar-refractivity contribution in [2.75, 3.05) is 0 Å². The van der Waals surface area contributed by atoms with Gasteiger partial charge in [0, 0.05) is 17.1 Å². The molecule has 0 radical (unpaired) electrons. The van der Waals surface area contributed by atoms with Crippen LogP contribution in [0.15, 0.2) is 48.1 Å². The maximum absolute atomic E-state index is 13.2. The zero-order valence-corrected chi connectivity index (χ0v) is 17.1. The molecule has 27 heavy (non-hydrogen) atoms. The van der Waals surface area contributed by atoms with Gasteiger partial charge < -0.3 is 33.5 Å². The molecule has 0 saturated carbocycles. The van der Waals surface area contributed by atoms with Gasteiger partial charge in [0.1, 0.15) is 12.4 Å². The molecule has 0 saturated heterocycles. The van der Waals surface area contributed by atoms with E-state index in [1.165, 1.54) is 28.0 Å². The van der Waals surface area contributed by atoms with Crippen molar-refractivity contribution in [2.24, 2.45) is 12.0 Å². The molecule has 1 aliphatic heterocycles. The standard InChI is InChI=1S/C16H13F2N4O3S.HI/c1-10-8-22(11-3-4-12-13(7-11)25-16(17,18)24-12)15(26-10)19-14(23)21-6-5-20(2)9-21;/h3-9H,1-2H3;1H/q+1;/p-1. The molecule has 3 aromatic rings. The zero-order valence-electron chi connectivity index (χ0n) is 14.1. The number of amides is 1. The van der Waals surface area contributed by atoms with Crippen LogP contribution in [0.4, 0.5) is 13.6 Å². The number of carbonyl (C=O) groups is 1. The maximum Gasteiger partial charge on any atom is 0.586 e. The summed E-state index contributed by atoms with van der Waals surface area (Å²) in [5.41, 5.74) is 0.527. The van der Waals surface area contributed by atoms with Crippen LogP contribution < -0.4 is 42.8 Å². The number of nitrogens with zero attached hydrogens (tertiary/aromatic N) is 4. The van der Waals surface area contributed by atoms with Gasteiger partial charge in [0.2, 0.25) is 4.80 Å². The Morgan fingerprint density at radius 3 is 2.74 bits per heavy atom. The highest BCUT2D eigenvalue weighted by atomic mass is 127. The molecule has 2 aromatic heterocycles. The van der Waals surface area contributed by atoms with Gasteiger partial charge in [-0.2, -0.15) is 0 Å². The number of halogens is 3. The number of carbonyl (C=O) groups excluding carboxylic acids is 1. The SMILES string of the molecule is Cc1cn(-c2ccc3c(c2)OC(F)(F)O3)c(=NC(=O)n2cc[n+](C)c2)s1.[I-]. The van der Waals surface area contributed by atoms with E-state index in [-0.39, 0.29) is 35.5 Å². The van der Waals surface area contributed by atoms with Gasteiger partial charge in [-0.3, -0.25) is 4.57 Å². The minimum Gasteiger partial charge on any atom is -1.00 e. The smallest absolute Gasteiger partial charge is 0.586 e. The average molecular weight is 506 g/mol. The van der Waals surface area contributed by atoms with E-state index < -0.39 is 12.3 Å². The Hall–Kier alpha value is -2.28. The normalized spacial score (nSPS) is 14.9. The number of hydrogen-bond donors (Lipinski definition) is 0. The Morgan fingerprint density at radius 1 is 1.30 bits per heavy atom. The lowest BCUT2D eigenvalue weighted by Crippen LogP contribution is -3.00. The van der Waals surface area contributed by atoms with Crippen LogP contribution in [0.2, 0.25) is 0 Å². The van der Waals surface area contributed by atoms with Gasteiger partial charge in [-0.15, -0.1) is 29.7 Å². The Labute approximate surface area is 173 Å². The lowest BCUT2D eigenvalue weighted by Gasteiger charge is -2.04. The van der Waals surface area contributed by atoms with Crippen molar-refractivity contribution in [3.8, 4) is 17.2 Å². The molecule has 11 heteroatoms. The van der Waals surface area contributed by atoms with Crippen LogP contribution >= 0.6 is 11.3 Å². The number of aryl methyl sites for hydroxylation is 2. The van der Waals surface area contributed by atoms with Crippen molar-refractivity contribution in [1.29, 1.82) is 0 Å². The summed E-state index contributed by atoms with van der Waals surface area (Å²) in [4.78, 5) is 17.8. The Balaban J connectivity index is 0.00000210. The fourth-order valence-electron chi connectivity index (χ4n) is 2.51. The second-order valence-corrected chi connectivity index (χ2v) is 6.89. The van der Waals surface area contributed by atoms with Crippen LogP contribution in [-0.4, -0.2) is 21.5 Å². The molecule has 0 N–H and O–H groups in total. The lowest BCUT2D eigenvalue weighted by molar-refractivity contribution is -0.670. The Morgan fingerprint density at radius 2 is 2.04 bits per heavy atom. The third kappa shape index (κ3) is 3.88. The third-order valence-corrected chi connectivity index (χ3v) is 4.51. The van der Waals surface area contributed by atoms with E-state index in [0.29, 0.717) is 10.5 Å². The van der Waals surface area contributed by atoms with Gasteiger partial charge in [0.05, 0.1) is 12.7 Å². The lowest BCUT2D eigenvalue weighted by atomic mass is 10.3. The summed E-state index contributed by atoms with van der Waals surface area (Å²) in [6.45, 7) is 1.86. The largest absolute Gasteiger partial charge is 1.00 e. The molecule has 142 valence electrons. The summed E-state index contributed by atoms with van der Waals surface area (Å²) < 4.78 is 40.0. The summed E-state index contributed by atoms with van der Waals surface area (Å²) in [6.07, 6.45) is 3.00. The predicted octanol–water partition coefficient (Wildman–Crippen LogP) is -0.632. The van der Waals surface area contributed by atoms with Gasteiger partial charge in [-0.25, -0.2) is 9.36 Å². The van der Waals surface area contributed by atoms with Gasteiger partial charge in [0.25, 0.3) is 6.33 Å². The molecule has 7 nitrogen and oxygen atoms in total. The van der Waals surface area contributed by atoms with Crippen LogP contribution in [-0.2, 0) is 7.05 Å². The molecule has 0 unspecified atom stereocenters. The number of hydrogen-bond acceptors (Lipinski definition) is 4. The van der Waals surface area contributed by atoms with Crippen molar-refractivity contribution < 1.29 is 51.6 Å². The van der Waals surface area contributed by atoms with E-state index in [1.807, 2.05) is 6.92 Å². The molecule has 0 fully saturated rings. The number of imidazole rings is 1. The van der Waals surface area contributed by atoms with Crippen molar-refractivity contribution in [1.82, 2.24) is 9.13 Å². The molecule has 1 aliphatic rings. The van der Waals surface area contributed by atoms with Crippen molar-refractivity contribution >= 4 is 17.4 Å². The highest BCUT2D eigenvalue weighted by Crippen LogP contribution is 2.41. The fourth-order valence-corrected chi connectivity index (χ4v) is 3.33. The highest BCUT2D eigenvalue weighted by molar-refractivity contribution is 7.09. The van der Waals surface area contributed by atoms with Crippen LogP contribution in [0.1, 0.15) is 4.88 Å². The quantitative estimate of drug-likeness (QED) is 0.327. The van der Waals surface area contributed by atoms with Crippen molar-refractivity contribution in [3.05, 3.63) is 52.8 Å². The molecule has 1 aromatic carbocycles. The van der Waals surface area contributed by atoms with Crippen molar-refractivity contribution in [3.63, 3.8) is 0 Å². The minimum atomic E-state index is -3.68. The molecule has 4 rings (SSSR count). The third-order valence-electron chi connectivity index (χ3n) is 3.61. The van der Waals surface area contributed by atoms with Gasteiger partial charge >= 0.3 is 12.3 Å². The van der Waals surface area contributed by atoms with E-state index >= 15 is 0 Å². The number of fused-ring (bicyclic) bond motifs is 1. The first-order valence-corrected chi connectivity index (χ1v) is 8.34. The molecular weight excluding hydrogens is 493 g/mol. The maximum atomic E-state index is 13.2. The Kier molecular flexibility index (Phi) is 5.08. The van der Waals surface area contributed by atoms with Crippen LogP contribution in [0.3, 0.4) is 0 Å². The molecule has 0 aliphatic carbocycles. The first kappa shape index (κ1) is 19.5. The number of benzene rings is 1. The molecule has 3 heterocycles. The summed E-state index contributed by atoms with van der Waals surface area (Å²) in [7, 11) is 1.79. The van der Waals surface area contributed by atoms with Crippen molar-refractivity contribution in [2.45, 2.75) is 13.2 Å². The monoisotopic (exact) mass is 506 g/mol. The van der Waals surface area contributed by atoms with Gasteiger partial charge in [-0.1, -0.05) is 0 Å². The van der Waals surface area contributed by atoms with Crippen LogP contribution in [0, 0.1) is 6.92 Å². The molecule has 0 bridgehead atoms. The Bertz CT molecular complexity index is 1090.